The molecular weight excluding hydrogens is 442 g/mol. The van der Waals surface area contributed by atoms with Crippen molar-refractivity contribution in [3.8, 4) is 0 Å². The first-order chi connectivity index (χ1) is 17.1. The molecule has 2 amide bonds. The molecule has 5 rings (SSSR count). The van der Waals surface area contributed by atoms with E-state index in [0.29, 0.717) is 35.8 Å². The van der Waals surface area contributed by atoms with Crippen LogP contribution in [0.3, 0.4) is 0 Å². The third-order valence-electron chi connectivity index (χ3n) is 6.80. The normalized spacial score (nSPS) is 18.8. The lowest BCUT2D eigenvalue weighted by molar-refractivity contribution is -0.128. The van der Waals surface area contributed by atoms with E-state index in [1.807, 2.05) is 58.3 Å². The fourth-order valence-corrected chi connectivity index (χ4v) is 4.96. The van der Waals surface area contributed by atoms with E-state index in [-0.39, 0.29) is 11.8 Å². The molecule has 0 aliphatic carbocycles. The Morgan fingerprint density at radius 1 is 1.17 bits per heavy atom. The first-order valence-corrected chi connectivity index (χ1v) is 12.1. The van der Waals surface area contributed by atoms with Crippen molar-refractivity contribution in [1.82, 2.24) is 20.0 Å². The number of carbonyl (C=O) groups excluding carboxylic acids is 2. The average molecular weight is 472 g/mol. The number of likely N-dealkylation sites (tertiary alicyclic amines) is 2. The number of nitrogens with one attached hydrogen (secondary N) is 3. The lowest BCUT2D eigenvalue weighted by atomic mass is 9.96. The Labute approximate surface area is 203 Å². The second kappa shape index (κ2) is 10.1. The number of para-hydroxylation sites is 1. The van der Waals surface area contributed by atoms with E-state index < -0.39 is 0 Å². The first-order valence-electron chi connectivity index (χ1n) is 12.1. The third kappa shape index (κ3) is 4.94. The molecule has 0 bridgehead atoms. The zero-order valence-electron chi connectivity index (χ0n) is 19.5. The molecule has 2 saturated heterocycles. The van der Waals surface area contributed by atoms with Crippen LogP contribution in [-0.2, 0) is 4.79 Å². The molecule has 180 valence electrons. The first kappa shape index (κ1) is 22.8. The number of carbonyl (C=O) groups is 2. The van der Waals surface area contributed by atoms with Gasteiger partial charge in [0.25, 0.3) is 5.91 Å². The van der Waals surface area contributed by atoms with Crippen LogP contribution in [0.15, 0.2) is 59.8 Å². The minimum Gasteiger partial charge on any atom is -0.360 e. The second-order valence-electron chi connectivity index (χ2n) is 9.18. The molecular formula is C26H29N7O2. The van der Waals surface area contributed by atoms with Gasteiger partial charge in [-0.3, -0.25) is 14.7 Å². The van der Waals surface area contributed by atoms with E-state index in [2.05, 4.69) is 20.6 Å². The highest BCUT2D eigenvalue weighted by Gasteiger charge is 2.29. The van der Waals surface area contributed by atoms with Crippen molar-refractivity contribution < 1.29 is 9.59 Å². The predicted octanol–water partition coefficient (Wildman–Crippen LogP) is 4.48. The number of hydrogen-bond acceptors (Lipinski definition) is 6. The van der Waals surface area contributed by atoms with E-state index in [1.165, 1.54) is 0 Å². The monoisotopic (exact) mass is 471 g/mol. The maximum atomic E-state index is 13.1. The number of amides is 2. The highest BCUT2D eigenvalue weighted by molar-refractivity contribution is 5.95. The van der Waals surface area contributed by atoms with Crippen LogP contribution < -0.4 is 5.32 Å². The minimum atomic E-state index is 0.0226. The van der Waals surface area contributed by atoms with Crippen molar-refractivity contribution in [2.75, 3.05) is 31.5 Å². The molecule has 2 aliphatic rings. The Morgan fingerprint density at radius 3 is 2.77 bits per heavy atom. The number of aromatic amines is 1. The summed E-state index contributed by atoms with van der Waals surface area (Å²) in [5.74, 6) is 0.604. The van der Waals surface area contributed by atoms with Crippen molar-refractivity contribution in [3.63, 3.8) is 0 Å². The average Bonchev–Trinajstić information content (AvgIpc) is 3.51. The fourth-order valence-electron chi connectivity index (χ4n) is 4.96. The summed E-state index contributed by atoms with van der Waals surface area (Å²) in [6.07, 6.45) is 5.25. The van der Waals surface area contributed by atoms with Gasteiger partial charge in [0, 0.05) is 55.4 Å². The van der Waals surface area contributed by atoms with Crippen LogP contribution in [0.25, 0.3) is 16.6 Å². The van der Waals surface area contributed by atoms with Crippen molar-refractivity contribution in [3.05, 3.63) is 66.0 Å². The number of benzene rings is 2. The standard InChI is InChI=1S/C26H29N7O2/c27-29-23(25-21-6-1-2-7-22(21)30-31-25)15-28-20-11-9-19(10-12-20)26(35)33-14-3-5-18(17-33)16-32-13-4-8-24(32)34/h1-2,6-7,9-12,15,18,27-28H,3-5,8,13-14,16-17H2,(H,30,31)/b23-15-,29-27?. The molecule has 0 spiro atoms. The van der Waals surface area contributed by atoms with E-state index in [9.17, 15) is 9.59 Å². The fraction of sp³-hybridized carbons (Fsp3) is 0.346. The summed E-state index contributed by atoms with van der Waals surface area (Å²) in [5, 5.41) is 14.9. The summed E-state index contributed by atoms with van der Waals surface area (Å²) in [6.45, 7) is 3.04. The van der Waals surface area contributed by atoms with Gasteiger partial charge in [-0.1, -0.05) is 18.2 Å². The smallest absolute Gasteiger partial charge is 0.253 e. The number of anilines is 1. The van der Waals surface area contributed by atoms with E-state index in [0.717, 1.165) is 55.5 Å². The van der Waals surface area contributed by atoms with Crippen molar-refractivity contribution in [2.45, 2.75) is 25.7 Å². The van der Waals surface area contributed by atoms with Gasteiger partial charge in [0.05, 0.1) is 5.52 Å². The van der Waals surface area contributed by atoms with E-state index in [4.69, 9.17) is 5.53 Å². The second-order valence-corrected chi connectivity index (χ2v) is 9.18. The molecule has 3 N–H and O–H groups in total. The number of H-pyrrole nitrogens is 1. The molecule has 3 heterocycles. The SMILES string of the molecule is N=N/C(=C\Nc1ccc(C(=O)N2CCCC(CN3CCCC3=O)C2)cc1)c1n[nH]c2ccccc12. The van der Waals surface area contributed by atoms with Gasteiger partial charge in [-0.05, 0) is 55.5 Å². The van der Waals surface area contributed by atoms with Gasteiger partial charge in [0.2, 0.25) is 5.91 Å². The van der Waals surface area contributed by atoms with Crippen LogP contribution in [0.2, 0.25) is 0 Å². The molecule has 1 aromatic heterocycles. The third-order valence-corrected chi connectivity index (χ3v) is 6.80. The number of nitrogens with zero attached hydrogens (tertiary/aromatic N) is 4. The molecule has 35 heavy (non-hydrogen) atoms. The number of piperidine rings is 1. The van der Waals surface area contributed by atoms with Gasteiger partial charge in [-0.25, -0.2) is 5.53 Å². The maximum Gasteiger partial charge on any atom is 0.253 e. The van der Waals surface area contributed by atoms with Crippen LogP contribution in [0, 0.1) is 11.4 Å². The maximum absolute atomic E-state index is 13.1. The van der Waals surface area contributed by atoms with Gasteiger partial charge in [-0.2, -0.15) is 10.2 Å². The van der Waals surface area contributed by atoms with Crippen LogP contribution in [0.4, 0.5) is 5.69 Å². The molecule has 0 radical (unpaired) electrons. The number of fused-ring (bicyclic) bond motifs is 1. The molecule has 9 heteroatoms. The molecule has 9 nitrogen and oxygen atoms in total. The number of rotatable bonds is 7. The largest absolute Gasteiger partial charge is 0.360 e. The van der Waals surface area contributed by atoms with Gasteiger partial charge in [0.15, 0.2) is 0 Å². The van der Waals surface area contributed by atoms with Crippen molar-refractivity contribution >= 4 is 34.1 Å². The summed E-state index contributed by atoms with van der Waals surface area (Å²) in [6, 6.07) is 15.0. The summed E-state index contributed by atoms with van der Waals surface area (Å²) in [4.78, 5) is 28.9. The Kier molecular flexibility index (Phi) is 6.56. The van der Waals surface area contributed by atoms with Gasteiger partial charge in [0.1, 0.15) is 11.4 Å². The van der Waals surface area contributed by atoms with Gasteiger partial charge >= 0.3 is 0 Å². The molecule has 0 saturated carbocycles. The quantitative estimate of drug-likeness (QED) is 0.440. The van der Waals surface area contributed by atoms with E-state index >= 15 is 0 Å². The lowest BCUT2D eigenvalue weighted by Crippen LogP contribution is -2.44. The zero-order valence-corrected chi connectivity index (χ0v) is 19.5. The molecule has 2 aromatic carbocycles. The Hall–Kier alpha value is -4.01. The van der Waals surface area contributed by atoms with Crippen LogP contribution >= 0.6 is 0 Å². The summed E-state index contributed by atoms with van der Waals surface area (Å²) < 4.78 is 0. The summed E-state index contributed by atoms with van der Waals surface area (Å²) in [5.41, 5.74) is 10.9. The highest BCUT2D eigenvalue weighted by Crippen LogP contribution is 2.25. The Bertz CT molecular complexity index is 1260. The molecule has 1 atom stereocenters. The van der Waals surface area contributed by atoms with Crippen molar-refractivity contribution in [1.29, 1.82) is 5.53 Å². The number of hydrogen-bond donors (Lipinski definition) is 3. The topological polar surface area (TPSA) is 118 Å². The highest BCUT2D eigenvalue weighted by atomic mass is 16.2. The molecule has 2 fully saturated rings. The van der Waals surface area contributed by atoms with Crippen molar-refractivity contribution in [2.24, 2.45) is 11.0 Å². The Morgan fingerprint density at radius 2 is 2.00 bits per heavy atom. The van der Waals surface area contributed by atoms with Gasteiger partial charge < -0.3 is 15.1 Å². The van der Waals surface area contributed by atoms with Crippen LogP contribution in [0.5, 0.6) is 0 Å². The number of aromatic nitrogens is 2. The van der Waals surface area contributed by atoms with E-state index in [1.54, 1.807) is 6.20 Å². The van der Waals surface area contributed by atoms with Crippen LogP contribution in [0.1, 0.15) is 41.7 Å². The molecule has 3 aromatic rings. The molecule has 2 aliphatic heterocycles. The zero-order chi connectivity index (χ0) is 24.2. The molecule has 1 unspecified atom stereocenters. The lowest BCUT2D eigenvalue weighted by Gasteiger charge is -2.34. The summed E-state index contributed by atoms with van der Waals surface area (Å²) >= 11 is 0. The minimum absolute atomic E-state index is 0.0226. The predicted molar refractivity (Wildman–Crippen MR) is 134 cm³/mol. The van der Waals surface area contributed by atoms with Gasteiger partial charge in [-0.15, -0.1) is 0 Å². The van der Waals surface area contributed by atoms with Crippen LogP contribution in [-0.4, -0.2) is 58.0 Å². The summed E-state index contributed by atoms with van der Waals surface area (Å²) in [7, 11) is 0. The Balaban J connectivity index is 1.22.